The standard InChI is InChI=1S/C14H23N3OS/c1-3-16-14(18)13-11(15)8-12(19-13)17-10-6-4-9(2)5-7-10/h8-10,17H,3-7,15H2,1-2H3,(H,16,18). The number of thiophene rings is 1. The molecule has 0 saturated heterocycles. The van der Waals surface area contributed by atoms with Crippen LogP contribution in [-0.4, -0.2) is 18.5 Å². The number of rotatable bonds is 4. The second-order valence-electron chi connectivity index (χ2n) is 5.36. The first kappa shape index (κ1) is 14.2. The van der Waals surface area contributed by atoms with Gasteiger partial charge in [0.25, 0.3) is 5.91 Å². The van der Waals surface area contributed by atoms with Gasteiger partial charge in [0.2, 0.25) is 0 Å². The zero-order chi connectivity index (χ0) is 13.8. The van der Waals surface area contributed by atoms with Crippen LogP contribution in [0.5, 0.6) is 0 Å². The second-order valence-corrected chi connectivity index (χ2v) is 6.41. The minimum atomic E-state index is -0.0738. The molecule has 4 N–H and O–H groups in total. The van der Waals surface area contributed by atoms with E-state index in [0.29, 0.717) is 23.2 Å². The summed E-state index contributed by atoms with van der Waals surface area (Å²) >= 11 is 1.45. The van der Waals surface area contributed by atoms with Gasteiger partial charge in [-0.3, -0.25) is 4.79 Å². The summed E-state index contributed by atoms with van der Waals surface area (Å²) in [4.78, 5) is 12.4. The molecule has 0 aromatic carbocycles. The van der Waals surface area contributed by atoms with E-state index in [2.05, 4.69) is 17.6 Å². The number of amides is 1. The lowest BCUT2D eigenvalue weighted by Gasteiger charge is -2.27. The predicted molar refractivity (Wildman–Crippen MR) is 81.8 cm³/mol. The molecule has 1 heterocycles. The maximum absolute atomic E-state index is 11.8. The van der Waals surface area contributed by atoms with E-state index in [4.69, 9.17) is 5.73 Å². The molecule has 1 amide bonds. The van der Waals surface area contributed by atoms with E-state index in [1.807, 2.05) is 13.0 Å². The van der Waals surface area contributed by atoms with Crippen LogP contribution in [-0.2, 0) is 0 Å². The molecular weight excluding hydrogens is 258 g/mol. The van der Waals surface area contributed by atoms with Crippen LogP contribution in [0.4, 0.5) is 10.7 Å². The summed E-state index contributed by atoms with van der Waals surface area (Å²) in [6.07, 6.45) is 4.97. The van der Waals surface area contributed by atoms with Gasteiger partial charge in [0.15, 0.2) is 0 Å². The molecule has 0 aliphatic heterocycles. The van der Waals surface area contributed by atoms with Crippen LogP contribution in [0.25, 0.3) is 0 Å². The third kappa shape index (κ3) is 3.62. The van der Waals surface area contributed by atoms with Crippen LogP contribution in [0.15, 0.2) is 6.07 Å². The summed E-state index contributed by atoms with van der Waals surface area (Å²) < 4.78 is 0. The Morgan fingerprint density at radius 2 is 2.11 bits per heavy atom. The van der Waals surface area contributed by atoms with Gasteiger partial charge in [-0.2, -0.15) is 0 Å². The molecule has 1 fully saturated rings. The highest BCUT2D eigenvalue weighted by atomic mass is 32.1. The van der Waals surface area contributed by atoms with Gasteiger partial charge in [-0.25, -0.2) is 0 Å². The van der Waals surface area contributed by atoms with E-state index in [1.54, 1.807) is 0 Å². The second kappa shape index (κ2) is 6.28. The summed E-state index contributed by atoms with van der Waals surface area (Å²) in [5.74, 6) is 0.771. The van der Waals surface area contributed by atoms with E-state index in [0.717, 1.165) is 10.9 Å². The molecule has 19 heavy (non-hydrogen) atoms. The van der Waals surface area contributed by atoms with Crippen molar-refractivity contribution in [3.05, 3.63) is 10.9 Å². The Morgan fingerprint density at radius 3 is 2.74 bits per heavy atom. The lowest BCUT2D eigenvalue weighted by atomic mass is 9.87. The molecule has 0 atom stereocenters. The smallest absolute Gasteiger partial charge is 0.263 e. The molecular formula is C14H23N3OS. The molecule has 5 heteroatoms. The number of nitrogen functional groups attached to an aromatic ring is 1. The predicted octanol–water partition coefficient (Wildman–Crippen LogP) is 3.07. The molecule has 4 nitrogen and oxygen atoms in total. The Morgan fingerprint density at radius 1 is 1.42 bits per heavy atom. The first-order chi connectivity index (χ1) is 9.10. The molecule has 2 rings (SSSR count). The number of hydrogen-bond donors (Lipinski definition) is 3. The fourth-order valence-corrected chi connectivity index (χ4v) is 3.47. The number of anilines is 2. The average molecular weight is 281 g/mol. The van der Waals surface area contributed by atoms with Crippen molar-refractivity contribution < 1.29 is 4.79 Å². The first-order valence-corrected chi connectivity index (χ1v) is 7.85. The number of carbonyl (C=O) groups is 1. The van der Waals surface area contributed by atoms with Gasteiger partial charge < -0.3 is 16.4 Å². The van der Waals surface area contributed by atoms with E-state index in [-0.39, 0.29) is 5.91 Å². The normalized spacial score (nSPS) is 23.1. The van der Waals surface area contributed by atoms with Crippen LogP contribution < -0.4 is 16.4 Å². The molecule has 0 bridgehead atoms. The van der Waals surface area contributed by atoms with Crippen LogP contribution in [0.3, 0.4) is 0 Å². The molecule has 0 unspecified atom stereocenters. The van der Waals surface area contributed by atoms with E-state index < -0.39 is 0 Å². The van der Waals surface area contributed by atoms with Gasteiger partial charge in [-0.1, -0.05) is 6.92 Å². The Kier molecular flexibility index (Phi) is 4.69. The highest BCUT2D eigenvalue weighted by Crippen LogP contribution is 2.32. The fraction of sp³-hybridized carbons (Fsp3) is 0.643. The molecule has 1 aromatic heterocycles. The Bertz CT molecular complexity index is 436. The molecule has 0 radical (unpaired) electrons. The zero-order valence-electron chi connectivity index (χ0n) is 11.7. The maximum Gasteiger partial charge on any atom is 0.263 e. The van der Waals surface area contributed by atoms with Crippen molar-refractivity contribution in [3.8, 4) is 0 Å². The molecule has 0 spiro atoms. The van der Waals surface area contributed by atoms with Crippen molar-refractivity contribution in [2.24, 2.45) is 5.92 Å². The molecule has 1 aliphatic rings. The summed E-state index contributed by atoms with van der Waals surface area (Å²) in [6.45, 7) is 4.84. The highest BCUT2D eigenvalue weighted by Gasteiger charge is 2.20. The number of carbonyl (C=O) groups excluding carboxylic acids is 1. The van der Waals surface area contributed by atoms with Crippen molar-refractivity contribution in [1.82, 2.24) is 5.32 Å². The lowest BCUT2D eigenvalue weighted by molar-refractivity contribution is 0.0960. The summed E-state index contributed by atoms with van der Waals surface area (Å²) in [6, 6.07) is 2.41. The quantitative estimate of drug-likeness (QED) is 0.794. The highest BCUT2D eigenvalue weighted by molar-refractivity contribution is 7.18. The summed E-state index contributed by atoms with van der Waals surface area (Å²) in [5, 5.41) is 7.32. The van der Waals surface area contributed by atoms with Crippen molar-refractivity contribution in [3.63, 3.8) is 0 Å². The van der Waals surface area contributed by atoms with Gasteiger partial charge in [0.1, 0.15) is 4.88 Å². The zero-order valence-corrected chi connectivity index (χ0v) is 12.5. The largest absolute Gasteiger partial charge is 0.397 e. The van der Waals surface area contributed by atoms with Gasteiger partial charge in [0, 0.05) is 12.6 Å². The Balaban J connectivity index is 1.98. The van der Waals surface area contributed by atoms with Crippen molar-refractivity contribution in [1.29, 1.82) is 0 Å². The van der Waals surface area contributed by atoms with Gasteiger partial charge >= 0.3 is 0 Å². The summed E-state index contributed by atoms with van der Waals surface area (Å²) in [5.41, 5.74) is 6.48. The molecule has 1 aliphatic carbocycles. The molecule has 1 saturated carbocycles. The van der Waals surface area contributed by atoms with Gasteiger partial charge in [-0.05, 0) is 44.6 Å². The summed E-state index contributed by atoms with van der Waals surface area (Å²) in [7, 11) is 0. The minimum absolute atomic E-state index is 0.0738. The lowest BCUT2D eigenvalue weighted by Crippen LogP contribution is -2.24. The Hall–Kier alpha value is -1.23. The van der Waals surface area contributed by atoms with E-state index in [1.165, 1.54) is 37.0 Å². The number of nitrogens with two attached hydrogens (primary N) is 1. The fourth-order valence-electron chi connectivity index (χ4n) is 2.50. The monoisotopic (exact) mass is 281 g/mol. The maximum atomic E-state index is 11.8. The van der Waals surface area contributed by atoms with Crippen LogP contribution in [0.2, 0.25) is 0 Å². The number of hydrogen-bond acceptors (Lipinski definition) is 4. The Labute approximate surface area is 118 Å². The molecule has 1 aromatic rings. The van der Waals surface area contributed by atoms with Crippen LogP contribution in [0, 0.1) is 5.92 Å². The minimum Gasteiger partial charge on any atom is -0.397 e. The number of nitrogens with one attached hydrogen (secondary N) is 2. The van der Waals surface area contributed by atoms with Gasteiger partial charge in [-0.15, -0.1) is 11.3 Å². The first-order valence-electron chi connectivity index (χ1n) is 7.04. The van der Waals surface area contributed by atoms with E-state index in [9.17, 15) is 4.79 Å². The van der Waals surface area contributed by atoms with Crippen LogP contribution in [0.1, 0.15) is 49.2 Å². The van der Waals surface area contributed by atoms with Crippen LogP contribution >= 0.6 is 11.3 Å². The molecule has 106 valence electrons. The average Bonchev–Trinajstić information content (AvgIpc) is 2.74. The third-order valence-electron chi connectivity index (χ3n) is 3.67. The SMILES string of the molecule is CCNC(=O)c1sc(NC2CCC(C)CC2)cc1N. The van der Waals surface area contributed by atoms with E-state index >= 15 is 0 Å². The van der Waals surface area contributed by atoms with Crippen molar-refractivity contribution in [2.45, 2.75) is 45.6 Å². The topological polar surface area (TPSA) is 67.2 Å². The van der Waals surface area contributed by atoms with Crippen molar-refractivity contribution in [2.75, 3.05) is 17.6 Å². The van der Waals surface area contributed by atoms with Crippen molar-refractivity contribution >= 4 is 27.9 Å². The van der Waals surface area contributed by atoms with Gasteiger partial charge in [0.05, 0.1) is 10.7 Å². The third-order valence-corrected chi connectivity index (χ3v) is 4.75.